The van der Waals surface area contributed by atoms with Crippen LogP contribution in [0.15, 0.2) is 24.5 Å². The lowest BCUT2D eigenvalue weighted by atomic mass is 9.90. The Morgan fingerprint density at radius 1 is 1.35 bits per heavy atom. The van der Waals surface area contributed by atoms with Crippen molar-refractivity contribution in [2.45, 2.75) is 45.8 Å². The Balaban J connectivity index is 1.68. The summed E-state index contributed by atoms with van der Waals surface area (Å²) in [6, 6.07) is 4.66. The van der Waals surface area contributed by atoms with Crippen LogP contribution in [-0.2, 0) is 11.8 Å². The SMILES string of the molecule is COc1cc(C)c(C(C)NC[C@@H]2CCCO[C@H]2c2cnn(C)c2)cc1C. The van der Waals surface area contributed by atoms with Crippen LogP contribution in [0.5, 0.6) is 5.75 Å². The number of aromatic nitrogens is 2. The fourth-order valence-electron chi connectivity index (χ4n) is 3.94. The molecule has 0 radical (unpaired) electrons. The van der Waals surface area contributed by atoms with Crippen molar-refractivity contribution in [2.75, 3.05) is 20.3 Å². The van der Waals surface area contributed by atoms with E-state index in [9.17, 15) is 0 Å². The highest BCUT2D eigenvalue weighted by Gasteiger charge is 2.28. The van der Waals surface area contributed by atoms with Crippen LogP contribution in [0.3, 0.4) is 0 Å². The lowest BCUT2D eigenvalue weighted by Gasteiger charge is -2.32. The van der Waals surface area contributed by atoms with E-state index in [4.69, 9.17) is 9.47 Å². The van der Waals surface area contributed by atoms with Crippen LogP contribution in [0.4, 0.5) is 0 Å². The van der Waals surface area contributed by atoms with Gasteiger partial charge in [-0.1, -0.05) is 6.07 Å². The molecule has 2 aromatic rings. The Hall–Kier alpha value is -1.85. The minimum atomic E-state index is 0.135. The molecule has 1 aromatic heterocycles. The van der Waals surface area contributed by atoms with Crippen LogP contribution >= 0.6 is 0 Å². The summed E-state index contributed by atoms with van der Waals surface area (Å²) in [7, 11) is 3.68. The molecule has 1 saturated heterocycles. The molecule has 0 aliphatic carbocycles. The van der Waals surface area contributed by atoms with E-state index in [1.165, 1.54) is 28.7 Å². The Labute approximate surface area is 156 Å². The number of rotatable bonds is 6. The van der Waals surface area contributed by atoms with Gasteiger partial charge in [0.05, 0.1) is 19.4 Å². The summed E-state index contributed by atoms with van der Waals surface area (Å²) in [5, 5.41) is 8.04. The fourth-order valence-corrected chi connectivity index (χ4v) is 3.94. The zero-order valence-corrected chi connectivity index (χ0v) is 16.6. The smallest absolute Gasteiger partial charge is 0.122 e. The first kappa shape index (κ1) is 18.9. The van der Waals surface area contributed by atoms with Gasteiger partial charge in [-0.2, -0.15) is 5.10 Å². The van der Waals surface area contributed by atoms with Crippen LogP contribution in [0.25, 0.3) is 0 Å². The normalized spacial score (nSPS) is 21.6. The van der Waals surface area contributed by atoms with E-state index in [-0.39, 0.29) is 12.1 Å². The van der Waals surface area contributed by atoms with E-state index in [1.807, 2.05) is 17.9 Å². The van der Waals surface area contributed by atoms with E-state index in [2.05, 4.69) is 49.5 Å². The number of hydrogen-bond donors (Lipinski definition) is 1. The molecule has 0 saturated carbocycles. The highest BCUT2D eigenvalue weighted by molar-refractivity contribution is 5.42. The molecular weight excluding hydrogens is 326 g/mol. The molecule has 5 heteroatoms. The van der Waals surface area contributed by atoms with Gasteiger partial charge in [0.2, 0.25) is 0 Å². The molecular formula is C21H31N3O2. The Morgan fingerprint density at radius 3 is 2.85 bits per heavy atom. The van der Waals surface area contributed by atoms with E-state index in [1.54, 1.807) is 7.11 Å². The zero-order chi connectivity index (χ0) is 18.7. The number of nitrogens with one attached hydrogen (secondary N) is 1. The maximum absolute atomic E-state index is 6.09. The molecule has 142 valence electrons. The molecule has 1 fully saturated rings. The molecule has 3 atom stereocenters. The minimum absolute atomic E-state index is 0.135. The summed E-state index contributed by atoms with van der Waals surface area (Å²) in [5.74, 6) is 1.42. The van der Waals surface area contributed by atoms with Crippen LogP contribution in [0, 0.1) is 19.8 Å². The van der Waals surface area contributed by atoms with Crippen LogP contribution in [0.1, 0.15) is 54.2 Å². The van der Waals surface area contributed by atoms with Gasteiger partial charge in [0.15, 0.2) is 0 Å². The van der Waals surface area contributed by atoms with Crippen LogP contribution in [-0.4, -0.2) is 30.0 Å². The monoisotopic (exact) mass is 357 g/mol. The van der Waals surface area contributed by atoms with Crippen molar-refractivity contribution >= 4 is 0 Å². The van der Waals surface area contributed by atoms with Gasteiger partial charge < -0.3 is 14.8 Å². The predicted octanol–water partition coefficient (Wildman–Crippen LogP) is 3.86. The zero-order valence-electron chi connectivity index (χ0n) is 16.6. The van der Waals surface area contributed by atoms with Crippen molar-refractivity contribution in [1.29, 1.82) is 0 Å². The van der Waals surface area contributed by atoms with Crippen molar-refractivity contribution < 1.29 is 9.47 Å². The molecule has 1 N–H and O–H groups in total. The third kappa shape index (κ3) is 4.10. The second kappa shape index (κ2) is 8.23. The van der Waals surface area contributed by atoms with Crippen molar-refractivity contribution in [3.8, 4) is 5.75 Å². The Bertz CT molecular complexity index is 741. The summed E-state index contributed by atoms with van der Waals surface area (Å²) < 4.78 is 13.4. The van der Waals surface area contributed by atoms with Gasteiger partial charge >= 0.3 is 0 Å². The molecule has 0 bridgehead atoms. The first-order valence-corrected chi connectivity index (χ1v) is 9.48. The third-order valence-electron chi connectivity index (χ3n) is 5.43. The molecule has 1 aromatic carbocycles. The van der Waals surface area contributed by atoms with Crippen molar-refractivity contribution in [3.63, 3.8) is 0 Å². The number of aryl methyl sites for hydroxylation is 3. The van der Waals surface area contributed by atoms with Crippen molar-refractivity contribution in [3.05, 3.63) is 46.8 Å². The van der Waals surface area contributed by atoms with E-state index in [0.29, 0.717) is 5.92 Å². The quantitative estimate of drug-likeness (QED) is 0.853. The van der Waals surface area contributed by atoms with Gasteiger partial charge in [0, 0.05) is 43.9 Å². The standard InChI is InChI=1S/C21H31N3O2/c1-14-10-20(25-5)15(2)9-19(14)16(3)22-11-17-7-6-8-26-21(17)18-12-23-24(4)13-18/h9-10,12-13,16-17,21-22H,6-8,11H2,1-5H3/t16?,17-,21+/m0/s1. The summed E-state index contributed by atoms with van der Waals surface area (Å²) in [6.07, 6.45) is 6.45. The van der Waals surface area contributed by atoms with Crippen molar-refractivity contribution in [1.82, 2.24) is 15.1 Å². The van der Waals surface area contributed by atoms with E-state index >= 15 is 0 Å². The average Bonchev–Trinajstić information content (AvgIpc) is 3.07. The molecule has 1 aliphatic rings. The second-order valence-electron chi connectivity index (χ2n) is 7.45. The van der Waals surface area contributed by atoms with Gasteiger partial charge in [-0.15, -0.1) is 0 Å². The Kier molecular flexibility index (Phi) is 5.99. The summed E-state index contributed by atoms with van der Waals surface area (Å²) in [6.45, 7) is 8.25. The number of methoxy groups -OCH3 is 1. The molecule has 26 heavy (non-hydrogen) atoms. The summed E-state index contributed by atoms with van der Waals surface area (Å²) in [5.41, 5.74) is 4.95. The predicted molar refractivity (Wildman–Crippen MR) is 104 cm³/mol. The molecule has 5 nitrogen and oxygen atoms in total. The van der Waals surface area contributed by atoms with Crippen LogP contribution < -0.4 is 10.1 Å². The van der Waals surface area contributed by atoms with Gasteiger partial charge in [-0.3, -0.25) is 4.68 Å². The number of benzene rings is 1. The maximum atomic E-state index is 6.09. The molecule has 2 heterocycles. The maximum Gasteiger partial charge on any atom is 0.122 e. The third-order valence-corrected chi connectivity index (χ3v) is 5.43. The van der Waals surface area contributed by atoms with E-state index in [0.717, 1.165) is 25.3 Å². The van der Waals surface area contributed by atoms with E-state index < -0.39 is 0 Å². The van der Waals surface area contributed by atoms with Crippen molar-refractivity contribution in [2.24, 2.45) is 13.0 Å². The molecule has 1 unspecified atom stereocenters. The molecule has 3 rings (SSSR count). The number of hydrogen-bond acceptors (Lipinski definition) is 4. The highest BCUT2D eigenvalue weighted by Crippen LogP contribution is 2.34. The van der Waals surface area contributed by atoms with Crippen LogP contribution in [0.2, 0.25) is 0 Å². The molecule has 0 spiro atoms. The first-order chi connectivity index (χ1) is 12.5. The number of ether oxygens (including phenoxy) is 2. The largest absolute Gasteiger partial charge is 0.496 e. The highest BCUT2D eigenvalue weighted by atomic mass is 16.5. The lowest BCUT2D eigenvalue weighted by Crippen LogP contribution is -2.33. The summed E-state index contributed by atoms with van der Waals surface area (Å²) >= 11 is 0. The average molecular weight is 357 g/mol. The molecule has 1 aliphatic heterocycles. The van der Waals surface area contributed by atoms with Gasteiger partial charge in [0.1, 0.15) is 5.75 Å². The van der Waals surface area contributed by atoms with Gasteiger partial charge in [-0.05, 0) is 56.4 Å². The first-order valence-electron chi connectivity index (χ1n) is 9.48. The lowest BCUT2D eigenvalue weighted by molar-refractivity contribution is -0.0284. The topological polar surface area (TPSA) is 48.3 Å². The summed E-state index contributed by atoms with van der Waals surface area (Å²) in [4.78, 5) is 0. The number of nitrogens with zero attached hydrogens (tertiary/aromatic N) is 2. The van der Waals surface area contributed by atoms with Gasteiger partial charge in [0.25, 0.3) is 0 Å². The Morgan fingerprint density at radius 2 is 2.15 bits per heavy atom. The van der Waals surface area contributed by atoms with Gasteiger partial charge in [-0.25, -0.2) is 0 Å². The molecule has 0 amide bonds. The second-order valence-corrected chi connectivity index (χ2v) is 7.45. The minimum Gasteiger partial charge on any atom is -0.496 e. The fraction of sp³-hybridized carbons (Fsp3) is 0.571.